The summed E-state index contributed by atoms with van der Waals surface area (Å²) in [5.41, 5.74) is 0.982. The van der Waals surface area contributed by atoms with Crippen molar-refractivity contribution in [2.24, 2.45) is 17.3 Å². The summed E-state index contributed by atoms with van der Waals surface area (Å²) in [6.45, 7) is 3.77. The van der Waals surface area contributed by atoms with E-state index in [1.165, 1.54) is 0 Å². The van der Waals surface area contributed by atoms with Crippen LogP contribution in [0.2, 0.25) is 0 Å². The Morgan fingerprint density at radius 2 is 1.54 bits per heavy atom. The van der Waals surface area contributed by atoms with Crippen LogP contribution in [-0.4, -0.2) is 24.0 Å². The van der Waals surface area contributed by atoms with Crippen LogP contribution in [0.15, 0.2) is 60.2 Å². The van der Waals surface area contributed by atoms with E-state index in [-0.39, 0.29) is 29.5 Å². The summed E-state index contributed by atoms with van der Waals surface area (Å²) in [4.78, 5) is 39.5. The number of allylic oxidation sites excluding steroid dienone is 1. The molecular weight excluding hydrogens is 352 g/mol. The molecule has 4 heteroatoms. The molecule has 0 radical (unpaired) electrons. The Kier molecular flexibility index (Phi) is 3.51. The van der Waals surface area contributed by atoms with Gasteiger partial charge in [-0.2, -0.15) is 0 Å². The maximum absolute atomic E-state index is 13.8. The highest BCUT2D eigenvalue weighted by Crippen LogP contribution is 2.62. The second-order valence-corrected chi connectivity index (χ2v) is 7.99. The van der Waals surface area contributed by atoms with E-state index in [4.69, 9.17) is 4.74 Å². The zero-order valence-corrected chi connectivity index (χ0v) is 15.7. The average molecular weight is 372 g/mol. The molecule has 0 aromatic heterocycles. The van der Waals surface area contributed by atoms with Crippen molar-refractivity contribution in [1.29, 1.82) is 0 Å². The van der Waals surface area contributed by atoms with E-state index in [1.54, 1.807) is 24.3 Å². The van der Waals surface area contributed by atoms with Gasteiger partial charge in [0.15, 0.2) is 11.6 Å². The predicted molar refractivity (Wildman–Crippen MR) is 104 cm³/mol. The van der Waals surface area contributed by atoms with Crippen molar-refractivity contribution in [3.05, 3.63) is 76.9 Å². The molecule has 1 heterocycles. The van der Waals surface area contributed by atoms with E-state index in [0.29, 0.717) is 22.4 Å². The molecule has 3 aliphatic rings. The number of aldehydes is 1. The molecule has 0 amide bonds. The minimum atomic E-state index is -1.31. The molecule has 0 saturated heterocycles. The lowest BCUT2D eigenvalue weighted by molar-refractivity contribution is -0.105. The number of para-hydroxylation sites is 1. The molecule has 0 fully saturated rings. The summed E-state index contributed by atoms with van der Waals surface area (Å²) in [6.07, 6.45) is 2.46. The quantitative estimate of drug-likeness (QED) is 0.561. The first kappa shape index (κ1) is 17.1. The van der Waals surface area contributed by atoms with Crippen LogP contribution in [0.4, 0.5) is 0 Å². The molecule has 28 heavy (non-hydrogen) atoms. The number of carbonyl (C=O) groups is 3. The molecule has 0 bridgehead atoms. The van der Waals surface area contributed by atoms with Gasteiger partial charge in [-0.25, -0.2) is 0 Å². The van der Waals surface area contributed by atoms with Crippen LogP contribution >= 0.6 is 0 Å². The van der Waals surface area contributed by atoms with E-state index in [1.807, 2.05) is 44.2 Å². The fourth-order valence-corrected chi connectivity index (χ4v) is 5.53. The Morgan fingerprint density at radius 1 is 0.929 bits per heavy atom. The number of ether oxygens (including phenoxy) is 1. The number of hydrogen-bond donors (Lipinski definition) is 0. The van der Waals surface area contributed by atoms with E-state index in [2.05, 4.69) is 0 Å². The molecule has 4 unspecified atom stereocenters. The van der Waals surface area contributed by atoms with E-state index in [0.717, 1.165) is 11.8 Å². The van der Waals surface area contributed by atoms with Crippen LogP contribution in [-0.2, 0) is 4.79 Å². The second kappa shape index (κ2) is 5.74. The van der Waals surface area contributed by atoms with Crippen LogP contribution in [0.3, 0.4) is 0 Å². The van der Waals surface area contributed by atoms with Gasteiger partial charge in [-0.1, -0.05) is 55.5 Å². The predicted octanol–water partition coefficient (Wildman–Crippen LogP) is 4.01. The first-order valence-corrected chi connectivity index (χ1v) is 9.63. The lowest BCUT2D eigenvalue weighted by Crippen LogP contribution is -2.54. The smallest absolute Gasteiger partial charge is 0.178 e. The van der Waals surface area contributed by atoms with Crippen molar-refractivity contribution < 1.29 is 19.1 Å². The van der Waals surface area contributed by atoms with Gasteiger partial charge in [-0.05, 0) is 24.1 Å². The minimum Gasteiger partial charge on any atom is -0.490 e. The van der Waals surface area contributed by atoms with Crippen LogP contribution in [0.5, 0.6) is 5.75 Å². The molecule has 0 N–H and O–H groups in total. The molecule has 1 spiro atoms. The monoisotopic (exact) mass is 372 g/mol. The van der Waals surface area contributed by atoms with E-state index < -0.39 is 11.3 Å². The third-order valence-corrected chi connectivity index (χ3v) is 6.86. The molecule has 1 aliphatic heterocycles. The van der Waals surface area contributed by atoms with Gasteiger partial charge >= 0.3 is 0 Å². The number of benzene rings is 2. The highest BCUT2D eigenvalue weighted by molar-refractivity contribution is 6.31. The van der Waals surface area contributed by atoms with Gasteiger partial charge in [0.1, 0.15) is 23.6 Å². The van der Waals surface area contributed by atoms with Gasteiger partial charge in [0.05, 0.1) is 0 Å². The number of fused-ring (bicyclic) bond motifs is 5. The fraction of sp³-hybridized carbons (Fsp3) is 0.292. The zero-order valence-electron chi connectivity index (χ0n) is 15.7. The van der Waals surface area contributed by atoms with Gasteiger partial charge in [-0.3, -0.25) is 14.4 Å². The highest BCUT2D eigenvalue weighted by atomic mass is 16.5. The molecule has 4 nitrogen and oxygen atoms in total. The van der Waals surface area contributed by atoms with Crippen LogP contribution in [0, 0.1) is 17.3 Å². The summed E-state index contributed by atoms with van der Waals surface area (Å²) in [7, 11) is 0. The SMILES string of the molecule is CC1Oc2ccccc2C2C1C=C(C=O)C(C)C21C(=O)c2ccccc2C1=O. The Bertz CT molecular complexity index is 1030. The zero-order chi connectivity index (χ0) is 19.6. The van der Waals surface area contributed by atoms with Crippen molar-refractivity contribution in [1.82, 2.24) is 0 Å². The van der Waals surface area contributed by atoms with Crippen molar-refractivity contribution in [2.75, 3.05) is 0 Å². The van der Waals surface area contributed by atoms with Crippen LogP contribution in [0.25, 0.3) is 0 Å². The third kappa shape index (κ3) is 1.88. The van der Waals surface area contributed by atoms with Gasteiger partial charge in [0.25, 0.3) is 0 Å². The topological polar surface area (TPSA) is 60.4 Å². The average Bonchev–Trinajstić information content (AvgIpc) is 2.93. The van der Waals surface area contributed by atoms with E-state index >= 15 is 0 Å². The summed E-state index contributed by atoms with van der Waals surface area (Å²) in [5.74, 6) is -0.731. The summed E-state index contributed by atoms with van der Waals surface area (Å²) in [5, 5.41) is 0. The van der Waals surface area contributed by atoms with Crippen molar-refractivity contribution in [3.63, 3.8) is 0 Å². The largest absolute Gasteiger partial charge is 0.490 e. The number of rotatable bonds is 1. The first-order chi connectivity index (χ1) is 13.5. The normalized spacial score (nSPS) is 29.4. The summed E-state index contributed by atoms with van der Waals surface area (Å²) >= 11 is 0. The number of ketones is 2. The molecule has 0 saturated carbocycles. The second-order valence-electron chi connectivity index (χ2n) is 7.99. The molecule has 2 aliphatic carbocycles. The molecule has 2 aromatic rings. The Balaban J connectivity index is 1.85. The standard InChI is InChI=1S/C24H20O4/c1-13-15(12-25)11-19-14(2)28-20-10-6-5-9-18(20)21(19)24(13)22(26)16-7-3-4-8-17(16)23(24)27/h3-14,19,21H,1-2H3. The fourth-order valence-electron chi connectivity index (χ4n) is 5.53. The van der Waals surface area contributed by atoms with Crippen LogP contribution < -0.4 is 4.74 Å². The lowest BCUT2D eigenvalue weighted by atomic mass is 9.52. The van der Waals surface area contributed by atoms with Crippen molar-refractivity contribution in [2.45, 2.75) is 25.9 Å². The molecule has 2 aromatic carbocycles. The summed E-state index contributed by atoms with van der Waals surface area (Å²) in [6, 6.07) is 14.6. The number of hydrogen-bond acceptors (Lipinski definition) is 4. The third-order valence-electron chi connectivity index (χ3n) is 6.86. The van der Waals surface area contributed by atoms with E-state index in [9.17, 15) is 14.4 Å². The maximum Gasteiger partial charge on any atom is 0.178 e. The van der Waals surface area contributed by atoms with Crippen molar-refractivity contribution in [3.8, 4) is 5.75 Å². The first-order valence-electron chi connectivity index (χ1n) is 9.63. The molecule has 140 valence electrons. The van der Waals surface area contributed by atoms with Crippen LogP contribution in [0.1, 0.15) is 46.0 Å². The Morgan fingerprint density at radius 3 is 2.18 bits per heavy atom. The van der Waals surface area contributed by atoms with Gasteiger partial charge in [0.2, 0.25) is 0 Å². The Hall–Kier alpha value is -3.01. The molecule has 5 rings (SSSR count). The van der Waals surface area contributed by atoms with Crippen molar-refractivity contribution >= 4 is 17.9 Å². The minimum absolute atomic E-state index is 0.174. The van der Waals surface area contributed by atoms with Gasteiger partial charge in [-0.15, -0.1) is 0 Å². The van der Waals surface area contributed by atoms with Gasteiger partial charge in [0, 0.05) is 28.9 Å². The lowest BCUT2D eigenvalue weighted by Gasteiger charge is -2.50. The molecular formula is C24H20O4. The van der Waals surface area contributed by atoms with Gasteiger partial charge < -0.3 is 4.74 Å². The number of carbonyl (C=O) groups excluding carboxylic acids is 3. The molecule has 4 atom stereocenters. The maximum atomic E-state index is 13.8. The summed E-state index contributed by atoms with van der Waals surface area (Å²) < 4.78 is 6.10. The number of Topliss-reactive ketones (excluding diaryl/α,β-unsaturated/α-hetero) is 2. The highest BCUT2D eigenvalue weighted by Gasteiger charge is 2.66. The Labute approximate surface area is 163 Å².